The van der Waals surface area contributed by atoms with Crippen molar-refractivity contribution in [2.24, 2.45) is 0 Å². The third kappa shape index (κ3) is 2.58. The fraction of sp³-hybridized carbons (Fsp3) is 0. The van der Waals surface area contributed by atoms with Crippen molar-refractivity contribution in [3.05, 3.63) is 29.8 Å². The summed E-state index contributed by atoms with van der Waals surface area (Å²) in [5.74, 6) is -1.07. The predicted octanol–water partition coefficient (Wildman–Crippen LogP) is 1.05. The van der Waals surface area contributed by atoms with E-state index < -0.39 is 10.8 Å². The third-order valence-corrected chi connectivity index (χ3v) is 1.45. The van der Waals surface area contributed by atoms with E-state index in [1.165, 1.54) is 12.1 Å². The van der Waals surface area contributed by atoms with E-state index in [9.17, 15) is 9.59 Å². The molecular weight excluding hydrogens is 187 g/mol. The summed E-state index contributed by atoms with van der Waals surface area (Å²) in [4.78, 5) is 20.5. The van der Waals surface area contributed by atoms with Gasteiger partial charge >= 0.3 is 22.3 Å². The molecule has 0 atom stereocenters. The minimum absolute atomic E-state index is 0.0294. The van der Waals surface area contributed by atoms with E-state index in [0.717, 1.165) is 0 Å². The van der Waals surface area contributed by atoms with Gasteiger partial charge in [-0.25, -0.2) is 4.79 Å². The zero-order chi connectivity index (χ0) is 9.84. The number of para-hydroxylation sites is 1. The summed E-state index contributed by atoms with van der Waals surface area (Å²) in [5, 5.41) is 8.68. The molecule has 13 heavy (non-hydrogen) atoms. The molecule has 5 heteroatoms. The van der Waals surface area contributed by atoms with Gasteiger partial charge in [0.1, 0.15) is 11.3 Å². The van der Waals surface area contributed by atoms with Crippen molar-refractivity contribution in [3.63, 3.8) is 0 Å². The average molecular weight is 192 g/mol. The van der Waals surface area contributed by atoms with Gasteiger partial charge in [0.25, 0.3) is 0 Å². The largest absolute Gasteiger partial charge is 0.478 e. The molecule has 0 aliphatic carbocycles. The molecule has 1 rings (SSSR count). The minimum Gasteiger partial charge on any atom is -0.478 e. The van der Waals surface area contributed by atoms with E-state index in [1.54, 1.807) is 12.1 Å². The van der Waals surface area contributed by atoms with Crippen LogP contribution in [0, 0.1) is 0 Å². The molecule has 1 aromatic rings. The lowest BCUT2D eigenvalue weighted by Crippen LogP contribution is -2.08. The molecule has 0 unspecified atom stereocenters. The third-order valence-electron chi connectivity index (χ3n) is 1.33. The van der Waals surface area contributed by atoms with Gasteiger partial charge in [0.2, 0.25) is 0 Å². The lowest BCUT2D eigenvalue weighted by molar-refractivity contribution is 0.0694. The number of aromatic carboxylic acids is 1. The maximum atomic E-state index is 10.6. The van der Waals surface area contributed by atoms with Crippen LogP contribution in [0.25, 0.3) is 0 Å². The molecule has 64 valence electrons. The van der Waals surface area contributed by atoms with Crippen molar-refractivity contribution in [1.82, 2.24) is 0 Å². The lowest BCUT2D eigenvalue weighted by atomic mass is 10.2. The van der Waals surface area contributed by atoms with Crippen LogP contribution in [0.1, 0.15) is 10.4 Å². The summed E-state index contributed by atoms with van der Waals surface area (Å²) in [6.07, 6.45) is 0. The first-order chi connectivity index (χ1) is 6.11. The molecule has 0 aliphatic heterocycles. The van der Waals surface area contributed by atoms with Gasteiger partial charge < -0.3 is 9.84 Å². The molecule has 0 aliphatic rings. The Balaban J connectivity index is 3.04. The molecule has 0 saturated carbocycles. The zero-order valence-electron chi connectivity index (χ0n) is 6.56. The van der Waals surface area contributed by atoms with E-state index in [2.05, 4.69) is 4.74 Å². The smallest absolute Gasteiger partial charge is 0.339 e. The van der Waals surface area contributed by atoms with Gasteiger partial charge in [-0.3, -0.25) is 4.79 Å². The van der Waals surface area contributed by atoms with Crippen molar-refractivity contribution in [3.8, 4) is 5.75 Å². The molecule has 0 bridgehead atoms. The highest BCUT2D eigenvalue weighted by Gasteiger charge is 2.10. The number of hydrogen-bond acceptors (Lipinski definition) is 3. The van der Waals surface area contributed by atoms with Crippen LogP contribution in [-0.2, 0) is 0 Å². The van der Waals surface area contributed by atoms with Gasteiger partial charge in [-0.15, -0.1) is 0 Å². The number of carboxylic acid groups (broad SMARTS) is 1. The summed E-state index contributed by atoms with van der Waals surface area (Å²) in [6.45, 7) is 0. The monoisotopic (exact) mass is 192 g/mol. The topological polar surface area (TPSA) is 63.6 Å². The van der Waals surface area contributed by atoms with E-state index in [4.69, 9.17) is 5.11 Å². The van der Waals surface area contributed by atoms with Crippen molar-refractivity contribution in [2.45, 2.75) is 0 Å². The molecular formula is C8H5AlO4. The highest BCUT2D eigenvalue weighted by molar-refractivity contribution is 6.55. The van der Waals surface area contributed by atoms with Crippen LogP contribution >= 0.6 is 0 Å². The Hall–Kier alpha value is -1.31. The van der Waals surface area contributed by atoms with Gasteiger partial charge in [0, 0.05) is 0 Å². The number of hydrogen-bond donors (Lipinski definition) is 1. The van der Waals surface area contributed by atoms with E-state index in [0.29, 0.717) is 0 Å². The SMILES string of the molecule is O=[C]([Al])Oc1ccccc1C(=O)O. The molecule has 0 saturated heterocycles. The maximum absolute atomic E-state index is 10.6. The minimum atomic E-state index is -1.12. The summed E-state index contributed by atoms with van der Waals surface area (Å²) < 4.78 is 4.65. The summed E-state index contributed by atoms with van der Waals surface area (Å²) in [7, 11) is 0. The van der Waals surface area contributed by atoms with Crippen LogP contribution in [0.3, 0.4) is 0 Å². The molecule has 2 radical (unpaired) electrons. The van der Waals surface area contributed by atoms with Crippen LogP contribution in [0.15, 0.2) is 24.3 Å². The quantitative estimate of drug-likeness (QED) is 0.711. The Labute approximate surface area is 82.6 Å². The molecule has 0 amide bonds. The van der Waals surface area contributed by atoms with Crippen LogP contribution < -0.4 is 4.74 Å². The highest BCUT2D eigenvalue weighted by atomic mass is 27.0. The fourth-order valence-corrected chi connectivity index (χ4v) is 0.968. The van der Waals surface area contributed by atoms with Crippen LogP contribution in [0.4, 0.5) is 4.79 Å². The molecule has 0 fully saturated rings. The normalized spacial score (nSPS) is 9.23. The van der Waals surface area contributed by atoms with Crippen LogP contribution in [-0.4, -0.2) is 32.2 Å². The standard InChI is InChI=1S/C8H5O4.Al/c9-5-12-7-4-2-1-3-6(7)8(10)11;/h1-4H,(H,10,11);. The second-order valence-corrected chi connectivity index (χ2v) is 2.69. The van der Waals surface area contributed by atoms with Crippen molar-refractivity contribution >= 4 is 27.1 Å². The fourth-order valence-electron chi connectivity index (χ4n) is 0.841. The second kappa shape index (κ2) is 4.08. The molecule has 1 aromatic carbocycles. The van der Waals surface area contributed by atoms with Crippen molar-refractivity contribution in [1.29, 1.82) is 0 Å². The average Bonchev–Trinajstić information content (AvgIpc) is 2.03. The number of benzene rings is 1. The number of rotatable bonds is 2. The summed E-state index contributed by atoms with van der Waals surface area (Å²) in [6, 6.07) is 5.94. The summed E-state index contributed by atoms with van der Waals surface area (Å²) >= 11 is 1.81. The maximum Gasteiger partial charge on any atom is 0.339 e. The molecule has 4 nitrogen and oxygen atoms in total. The van der Waals surface area contributed by atoms with E-state index >= 15 is 0 Å². The van der Waals surface area contributed by atoms with Gasteiger partial charge in [-0.05, 0) is 12.1 Å². The second-order valence-electron chi connectivity index (χ2n) is 2.22. The van der Waals surface area contributed by atoms with Gasteiger partial charge in [0.15, 0.2) is 4.83 Å². The molecule has 0 aromatic heterocycles. The van der Waals surface area contributed by atoms with E-state index in [-0.39, 0.29) is 11.3 Å². The highest BCUT2D eigenvalue weighted by Crippen LogP contribution is 2.17. The Kier molecular flexibility index (Phi) is 3.07. The zero-order valence-corrected chi connectivity index (χ0v) is 7.71. The molecule has 0 heterocycles. The predicted molar refractivity (Wildman–Crippen MR) is 45.2 cm³/mol. The van der Waals surface area contributed by atoms with Crippen LogP contribution in [0.2, 0.25) is 0 Å². The Morgan fingerprint density at radius 3 is 2.46 bits per heavy atom. The van der Waals surface area contributed by atoms with Gasteiger partial charge in [0.05, 0.1) is 0 Å². The Morgan fingerprint density at radius 2 is 1.92 bits per heavy atom. The number of ether oxygens (including phenoxy) is 1. The van der Waals surface area contributed by atoms with Gasteiger partial charge in [-0.1, -0.05) is 12.1 Å². The lowest BCUT2D eigenvalue weighted by Gasteiger charge is -2.04. The van der Waals surface area contributed by atoms with Gasteiger partial charge in [-0.2, -0.15) is 0 Å². The number of carboxylic acids is 1. The van der Waals surface area contributed by atoms with Crippen molar-refractivity contribution < 1.29 is 19.4 Å². The first kappa shape index (κ1) is 9.78. The van der Waals surface area contributed by atoms with Crippen LogP contribution in [0.5, 0.6) is 5.75 Å². The first-order valence-corrected chi connectivity index (χ1v) is 3.98. The molecule has 0 spiro atoms. The first-order valence-electron chi connectivity index (χ1n) is 3.41. The molecule has 1 N–H and O–H groups in total. The Morgan fingerprint density at radius 1 is 1.31 bits per heavy atom. The van der Waals surface area contributed by atoms with Crippen molar-refractivity contribution in [2.75, 3.05) is 0 Å². The number of carbonyl (C=O) groups is 2. The van der Waals surface area contributed by atoms with E-state index in [1.807, 2.05) is 16.3 Å². The summed E-state index contributed by atoms with van der Waals surface area (Å²) in [5.41, 5.74) is -0.0294. The Bertz CT molecular complexity index is 348. The number of carbonyl (C=O) groups excluding carboxylic acids is 1.